The highest BCUT2D eigenvalue weighted by molar-refractivity contribution is 7.92. The Morgan fingerprint density at radius 1 is 1.08 bits per heavy atom. The highest BCUT2D eigenvalue weighted by Gasteiger charge is 2.28. The van der Waals surface area contributed by atoms with Gasteiger partial charge in [0.15, 0.2) is 0 Å². The first-order valence-corrected chi connectivity index (χ1v) is 14.6. The fraction of sp³-hybridized carbons (Fsp3) is 0.462. The molecule has 0 aromatic heterocycles. The Bertz CT molecular complexity index is 1190. The van der Waals surface area contributed by atoms with Crippen molar-refractivity contribution < 1.29 is 22.7 Å². The van der Waals surface area contributed by atoms with E-state index in [0.717, 1.165) is 12.7 Å². The minimum Gasteiger partial charge on any atom is -0.495 e. The van der Waals surface area contributed by atoms with E-state index in [0.29, 0.717) is 22.0 Å². The van der Waals surface area contributed by atoms with Gasteiger partial charge in [0.2, 0.25) is 21.8 Å². The van der Waals surface area contributed by atoms with Crippen LogP contribution in [0, 0.1) is 0 Å². The predicted molar refractivity (Wildman–Crippen MR) is 149 cm³/mol. The van der Waals surface area contributed by atoms with Crippen LogP contribution in [0.1, 0.15) is 45.6 Å². The lowest BCUT2D eigenvalue weighted by Crippen LogP contribution is -2.49. The second-order valence-electron chi connectivity index (χ2n) is 8.86. The van der Waals surface area contributed by atoms with Gasteiger partial charge in [-0.15, -0.1) is 0 Å². The van der Waals surface area contributed by atoms with Gasteiger partial charge >= 0.3 is 0 Å². The number of halogens is 2. The number of hydrogen-bond donors (Lipinski definition) is 1. The van der Waals surface area contributed by atoms with E-state index >= 15 is 0 Å². The summed E-state index contributed by atoms with van der Waals surface area (Å²) in [4.78, 5) is 27.7. The van der Waals surface area contributed by atoms with Crippen LogP contribution in [0.3, 0.4) is 0 Å². The second kappa shape index (κ2) is 13.9. The number of sulfonamides is 1. The first kappa shape index (κ1) is 30.7. The van der Waals surface area contributed by atoms with Gasteiger partial charge in [-0.25, -0.2) is 8.42 Å². The first-order valence-electron chi connectivity index (χ1n) is 12.0. The summed E-state index contributed by atoms with van der Waals surface area (Å²) in [6, 6.07) is 11.1. The van der Waals surface area contributed by atoms with Crippen molar-refractivity contribution in [2.45, 2.75) is 58.7 Å². The molecule has 0 saturated carbocycles. The Hall–Kier alpha value is -2.49. The third kappa shape index (κ3) is 8.79. The van der Waals surface area contributed by atoms with Crippen LogP contribution in [0.15, 0.2) is 42.5 Å². The van der Waals surface area contributed by atoms with Crippen molar-refractivity contribution in [1.82, 2.24) is 10.2 Å². The lowest BCUT2D eigenvalue weighted by atomic mass is 10.1. The molecule has 2 amide bonds. The Kier molecular flexibility index (Phi) is 11.5. The Balaban J connectivity index is 2.21. The molecule has 0 aliphatic rings. The molecular weight excluding hydrogens is 537 g/mol. The molecule has 0 heterocycles. The van der Waals surface area contributed by atoms with E-state index in [2.05, 4.69) is 5.32 Å². The van der Waals surface area contributed by atoms with Crippen molar-refractivity contribution in [1.29, 1.82) is 0 Å². The molecule has 8 nitrogen and oxygen atoms in total. The number of hydrogen-bond acceptors (Lipinski definition) is 5. The van der Waals surface area contributed by atoms with Crippen LogP contribution in [0.5, 0.6) is 5.75 Å². The number of benzene rings is 2. The van der Waals surface area contributed by atoms with Crippen molar-refractivity contribution in [3.05, 3.63) is 58.1 Å². The van der Waals surface area contributed by atoms with Crippen LogP contribution in [0.4, 0.5) is 5.69 Å². The summed E-state index contributed by atoms with van der Waals surface area (Å²) in [5.74, 6) is -0.123. The molecular formula is C26H35Cl2N3O5S. The van der Waals surface area contributed by atoms with Crippen LogP contribution in [0.25, 0.3) is 0 Å². The van der Waals surface area contributed by atoms with Gasteiger partial charge in [-0.05, 0) is 56.5 Å². The van der Waals surface area contributed by atoms with E-state index in [-0.39, 0.29) is 48.8 Å². The average molecular weight is 573 g/mol. The molecule has 0 unspecified atom stereocenters. The molecule has 0 radical (unpaired) electrons. The van der Waals surface area contributed by atoms with E-state index in [4.69, 9.17) is 27.9 Å². The predicted octanol–water partition coefficient (Wildman–Crippen LogP) is 4.88. The minimum atomic E-state index is -3.65. The third-order valence-corrected chi connectivity index (χ3v) is 7.90. The molecule has 0 aliphatic heterocycles. The summed E-state index contributed by atoms with van der Waals surface area (Å²) in [7, 11) is -2.17. The molecule has 37 heavy (non-hydrogen) atoms. The highest BCUT2D eigenvalue weighted by atomic mass is 35.5. The van der Waals surface area contributed by atoms with E-state index < -0.39 is 16.1 Å². The number of rotatable bonds is 13. The molecule has 0 bridgehead atoms. The van der Waals surface area contributed by atoms with E-state index in [9.17, 15) is 18.0 Å². The quantitative estimate of drug-likeness (QED) is 0.369. The third-order valence-electron chi connectivity index (χ3n) is 6.04. The molecule has 2 rings (SSSR count). The zero-order valence-corrected chi connectivity index (χ0v) is 24.2. The van der Waals surface area contributed by atoms with Gasteiger partial charge in [0, 0.05) is 30.6 Å². The Morgan fingerprint density at radius 2 is 1.76 bits per heavy atom. The average Bonchev–Trinajstić information content (AvgIpc) is 2.84. The molecule has 11 heteroatoms. The van der Waals surface area contributed by atoms with Gasteiger partial charge < -0.3 is 15.0 Å². The van der Waals surface area contributed by atoms with E-state index in [1.54, 1.807) is 37.3 Å². The maximum atomic E-state index is 13.4. The number of nitrogens with zero attached hydrogens (tertiary/aromatic N) is 2. The summed E-state index contributed by atoms with van der Waals surface area (Å²) in [5.41, 5.74) is 1.08. The standard InChI is InChI=1S/C26H35Cl2N3O5S/c1-6-18(2)29-26(33)19(3)30(17-20-10-7-8-11-22(20)27)25(32)12-9-15-31(37(5,34)35)21-13-14-24(36-4)23(28)16-21/h7-8,10-11,13-14,16,18-19H,6,9,12,15,17H2,1-5H3,(H,29,33)/t18-,19-/m0/s1. The van der Waals surface area contributed by atoms with Crippen molar-refractivity contribution >= 4 is 50.7 Å². The molecule has 0 saturated heterocycles. The van der Waals surface area contributed by atoms with Gasteiger partial charge in [-0.1, -0.05) is 48.3 Å². The van der Waals surface area contributed by atoms with Gasteiger partial charge in [0.05, 0.1) is 24.1 Å². The van der Waals surface area contributed by atoms with Crippen molar-refractivity contribution in [3.63, 3.8) is 0 Å². The number of carbonyl (C=O) groups excluding carboxylic acids is 2. The summed E-state index contributed by atoms with van der Waals surface area (Å²) < 4.78 is 31.3. The number of methoxy groups -OCH3 is 1. The number of carbonyl (C=O) groups is 2. The van der Waals surface area contributed by atoms with Crippen molar-refractivity contribution in [3.8, 4) is 5.75 Å². The number of anilines is 1. The van der Waals surface area contributed by atoms with Crippen molar-refractivity contribution in [2.75, 3.05) is 24.2 Å². The van der Waals surface area contributed by atoms with Crippen molar-refractivity contribution in [2.24, 2.45) is 0 Å². The van der Waals surface area contributed by atoms with Gasteiger partial charge in [-0.3, -0.25) is 13.9 Å². The smallest absolute Gasteiger partial charge is 0.242 e. The summed E-state index contributed by atoms with van der Waals surface area (Å²) in [6.07, 6.45) is 2.11. The number of nitrogens with one attached hydrogen (secondary N) is 1. The Labute approximate surface area is 229 Å². The topological polar surface area (TPSA) is 96.0 Å². The fourth-order valence-electron chi connectivity index (χ4n) is 3.67. The van der Waals surface area contributed by atoms with Crippen LogP contribution >= 0.6 is 23.2 Å². The zero-order chi connectivity index (χ0) is 27.8. The molecule has 1 N–H and O–H groups in total. The maximum Gasteiger partial charge on any atom is 0.242 e. The van der Waals surface area contributed by atoms with Gasteiger partial charge in [-0.2, -0.15) is 0 Å². The molecule has 2 aromatic rings. The first-order chi connectivity index (χ1) is 17.4. The lowest BCUT2D eigenvalue weighted by molar-refractivity contribution is -0.140. The van der Waals surface area contributed by atoms with Crippen LogP contribution in [0.2, 0.25) is 10.0 Å². The maximum absolute atomic E-state index is 13.4. The molecule has 0 spiro atoms. The molecule has 0 fully saturated rings. The van der Waals surface area contributed by atoms with Gasteiger partial charge in [0.25, 0.3) is 0 Å². The van der Waals surface area contributed by atoms with Crippen LogP contribution in [-0.4, -0.2) is 57.1 Å². The zero-order valence-electron chi connectivity index (χ0n) is 21.8. The van der Waals surface area contributed by atoms with Crippen LogP contribution in [-0.2, 0) is 26.2 Å². The van der Waals surface area contributed by atoms with Crippen LogP contribution < -0.4 is 14.4 Å². The van der Waals surface area contributed by atoms with Gasteiger partial charge in [0.1, 0.15) is 11.8 Å². The highest BCUT2D eigenvalue weighted by Crippen LogP contribution is 2.30. The molecule has 204 valence electrons. The monoisotopic (exact) mass is 571 g/mol. The summed E-state index contributed by atoms with van der Waals surface area (Å²) >= 11 is 12.5. The minimum absolute atomic E-state index is 0.0291. The van der Waals surface area contributed by atoms with E-state index in [1.807, 2.05) is 19.9 Å². The normalized spacial score (nSPS) is 12.9. The Morgan fingerprint density at radius 3 is 2.32 bits per heavy atom. The summed E-state index contributed by atoms with van der Waals surface area (Å²) in [6.45, 7) is 5.74. The second-order valence-corrected chi connectivity index (χ2v) is 11.6. The molecule has 2 aromatic carbocycles. The number of ether oxygens (including phenoxy) is 1. The van der Waals surface area contributed by atoms with E-state index in [1.165, 1.54) is 22.4 Å². The largest absolute Gasteiger partial charge is 0.495 e. The fourth-order valence-corrected chi connectivity index (χ4v) is 5.08. The molecule has 0 aliphatic carbocycles. The SMILES string of the molecule is CC[C@H](C)NC(=O)[C@H](C)N(Cc1ccccc1Cl)C(=O)CCCN(c1ccc(OC)c(Cl)c1)S(C)(=O)=O. The summed E-state index contributed by atoms with van der Waals surface area (Å²) in [5, 5.41) is 3.69. The molecule has 2 atom stereocenters. The lowest BCUT2D eigenvalue weighted by Gasteiger charge is -2.30. The number of amides is 2.